The molecule has 1 N–H and O–H groups in total. The van der Waals surface area contributed by atoms with E-state index in [4.69, 9.17) is 4.74 Å². The largest absolute Gasteiger partial charge is 0.496 e. The minimum absolute atomic E-state index is 0.0499. The molecule has 0 saturated heterocycles. The summed E-state index contributed by atoms with van der Waals surface area (Å²) in [5.74, 6) is 0.619. The van der Waals surface area contributed by atoms with Gasteiger partial charge in [0.05, 0.1) is 11.6 Å². The fourth-order valence-electron chi connectivity index (χ4n) is 2.37. The molecule has 2 nitrogen and oxygen atoms in total. The molecule has 2 aromatic carbocycles. The number of hydrogen-bond donors (Lipinski definition) is 1. The van der Waals surface area contributed by atoms with Gasteiger partial charge in [-0.25, -0.2) is 4.39 Å². The minimum atomic E-state index is -0.240. The highest BCUT2D eigenvalue weighted by molar-refractivity contribution is 9.10. The van der Waals surface area contributed by atoms with Crippen LogP contribution in [0.15, 0.2) is 46.9 Å². The number of para-hydroxylation sites is 1. The van der Waals surface area contributed by atoms with Crippen molar-refractivity contribution in [2.75, 3.05) is 13.7 Å². The molecule has 0 aromatic heterocycles. The van der Waals surface area contributed by atoms with Crippen LogP contribution in [0.5, 0.6) is 5.75 Å². The summed E-state index contributed by atoms with van der Waals surface area (Å²) in [7, 11) is 1.67. The Morgan fingerprint density at radius 1 is 1.24 bits per heavy atom. The van der Waals surface area contributed by atoms with Gasteiger partial charge in [0.1, 0.15) is 11.6 Å². The maximum Gasteiger partial charge on any atom is 0.137 e. The number of nitrogens with one attached hydrogen (secondary N) is 1. The molecule has 0 fully saturated rings. The summed E-state index contributed by atoms with van der Waals surface area (Å²) >= 11 is 3.19. The van der Waals surface area contributed by atoms with Crippen LogP contribution in [0.4, 0.5) is 4.39 Å². The third kappa shape index (κ3) is 4.05. The molecule has 0 aliphatic carbocycles. The lowest BCUT2D eigenvalue weighted by atomic mass is 9.98. The molecule has 0 heterocycles. The van der Waals surface area contributed by atoms with Crippen molar-refractivity contribution in [3.05, 3.63) is 63.9 Å². The Morgan fingerprint density at radius 3 is 2.67 bits per heavy atom. The molecule has 0 radical (unpaired) electrons. The van der Waals surface area contributed by atoms with Crippen LogP contribution in [0.3, 0.4) is 0 Å². The van der Waals surface area contributed by atoms with Crippen molar-refractivity contribution in [3.63, 3.8) is 0 Å². The zero-order valence-corrected chi connectivity index (χ0v) is 13.8. The fourth-order valence-corrected chi connectivity index (χ4v) is 2.62. The van der Waals surface area contributed by atoms with E-state index in [0.717, 1.165) is 29.8 Å². The Bertz CT molecular complexity index is 603. The topological polar surface area (TPSA) is 21.3 Å². The molecule has 0 spiro atoms. The van der Waals surface area contributed by atoms with Gasteiger partial charge in [-0.05, 0) is 58.2 Å². The molecule has 0 aliphatic rings. The lowest BCUT2D eigenvalue weighted by Crippen LogP contribution is -2.23. The zero-order chi connectivity index (χ0) is 15.2. The van der Waals surface area contributed by atoms with E-state index >= 15 is 0 Å². The van der Waals surface area contributed by atoms with Crippen LogP contribution in [-0.2, 0) is 6.42 Å². The molecule has 1 unspecified atom stereocenters. The van der Waals surface area contributed by atoms with Gasteiger partial charge in [0, 0.05) is 6.04 Å². The third-order valence-electron chi connectivity index (χ3n) is 3.41. The van der Waals surface area contributed by atoms with Crippen molar-refractivity contribution in [1.29, 1.82) is 0 Å². The first kappa shape index (κ1) is 16.0. The summed E-state index contributed by atoms with van der Waals surface area (Å²) in [5.41, 5.74) is 2.04. The van der Waals surface area contributed by atoms with Gasteiger partial charge in [-0.3, -0.25) is 0 Å². The summed E-state index contributed by atoms with van der Waals surface area (Å²) in [6, 6.07) is 13.2. The second-order valence-corrected chi connectivity index (χ2v) is 5.65. The highest BCUT2D eigenvalue weighted by Gasteiger charge is 2.15. The van der Waals surface area contributed by atoms with E-state index in [0.29, 0.717) is 4.47 Å². The molecular formula is C17H19BrFNO. The van der Waals surface area contributed by atoms with Crippen LogP contribution in [-0.4, -0.2) is 13.7 Å². The summed E-state index contributed by atoms with van der Waals surface area (Å²) in [6.07, 6.45) is 0.749. The number of benzene rings is 2. The van der Waals surface area contributed by atoms with Gasteiger partial charge in [-0.15, -0.1) is 0 Å². The first-order valence-corrected chi connectivity index (χ1v) is 7.75. The molecule has 4 heteroatoms. The van der Waals surface area contributed by atoms with Gasteiger partial charge in [0.25, 0.3) is 0 Å². The Morgan fingerprint density at radius 2 is 2.00 bits per heavy atom. The number of likely N-dealkylation sites (N-methyl/N-ethyl adjacent to an activating group) is 1. The van der Waals surface area contributed by atoms with Crippen LogP contribution >= 0.6 is 15.9 Å². The summed E-state index contributed by atoms with van der Waals surface area (Å²) in [5, 5.41) is 3.41. The van der Waals surface area contributed by atoms with Gasteiger partial charge < -0.3 is 10.1 Å². The Kier molecular flexibility index (Phi) is 5.76. The molecule has 2 aromatic rings. The number of rotatable bonds is 6. The molecule has 112 valence electrons. The lowest BCUT2D eigenvalue weighted by Gasteiger charge is -2.20. The minimum Gasteiger partial charge on any atom is -0.496 e. The van der Waals surface area contributed by atoms with Crippen LogP contribution in [0.25, 0.3) is 0 Å². The molecule has 0 saturated carbocycles. The van der Waals surface area contributed by atoms with Gasteiger partial charge in [0.2, 0.25) is 0 Å². The Hall–Kier alpha value is -1.39. The van der Waals surface area contributed by atoms with Gasteiger partial charge in [0.15, 0.2) is 0 Å². The molecule has 0 bridgehead atoms. The molecule has 1 atom stereocenters. The van der Waals surface area contributed by atoms with Crippen LogP contribution in [0.2, 0.25) is 0 Å². The van der Waals surface area contributed by atoms with Crippen LogP contribution in [0, 0.1) is 5.82 Å². The standard InChI is InChI=1S/C17H19BrFNO/c1-3-20-16(12-8-9-14(18)15(19)10-12)11-13-6-4-5-7-17(13)21-2/h4-10,16,20H,3,11H2,1-2H3. The summed E-state index contributed by atoms with van der Waals surface area (Å²) < 4.78 is 19.6. The molecule has 21 heavy (non-hydrogen) atoms. The van der Waals surface area contributed by atoms with E-state index in [9.17, 15) is 4.39 Å². The van der Waals surface area contributed by atoms with Crippen LogP contribution < -0.4 is 10.1 Å². The SMILES string of the molecule is CCNC(Cc1ccccc1OC)c1ccc(Br)c(F)c1. The smallest absolute Gasteiger partial charge is 0.137 e. The first-order chi connectivity index (χ1) is 10.2. The van der Waals surface area contributed by atoms with Crippen molar-refractivity contribution in [1.82, 2.24) is 5.32 Å². The van der Waals surface area contributed by atoms with Gasteiger partial charge in [-0.2, -0.15) is 0 Å². The Labute approximate surface area is 133 Å². The average Bonchev–Trinajstić information content (AvgIpc) is 2.50. The second-order valence-electron chi connectivity index (χ2n) is 4.80. The van der Waals surface area contributed by atoms with E-state index in [1.807, 2.05) is 37.3 Å². The summed E-state index contributed by atoms with van der Waals surface area (Å²) in [6.45, 7) is 2.86. The van der Waals surface area contributed by atoms with Crippen molar-refractivity contribution in [3.8, 4) is 5.75 Å². The number of halogens is 2. The summed E-state index contributed by atoms with van der Waals surface area (Å²) in [4.78, 5) is 0. The van der Waals surface area contributed by atoms with Gasteiger partial charge in [-0.1, -0.05) is 31.2 Å². The quantitative estimate of drug-likeness (QED) is 0.827. The fraction of sp³-hybridized carbons (Fsp3) is 0.294. The number of hydrogen-bond acceptors (Lipinski definition) is 2. The molecule has 0 amide bonds. The van der Waals surface area contributed by atoms with E-state index < -0.39 is 0 Å². The van der Waals surface area contributed by atoms with Crippen molar-refractivity contribution < 1.29 is 9.13 Å². The van der Waals surface area contributed by atoms with Crippen LogP contribution in [0.1, 0.15) is 24.1 Å². The predicted molar refractivity (Wildman–Crippen MR) is 87.2 cm³/mol. The highest BCUT2D eigenvalue weighted by atomic mass is 79.9. The maximum atomic E-state index is 13.8. The van der Waals surface area contributed by atoms with Crippen molar-refractivity contribution >= 4 is 15.9 Å². The molecular weight excluding hydrogens is 333 g/mol. The average molecular weight is 352 g/mol. The maximum absolute atomic E-state index is 13.8. The van der Waals surface area contributed by atoms with E-state index in [2.05, 4.69) is 21.2 Å². The van der Waals surface area contributed by atoms with E-state index in [1.54, 1.807) is 19.2 Å². The molecule has 0 aliphatic heterocycles. The number of methoxy groups -OCH3 is 1. The third-order valence-corrected chi connectivity index (χ3v) is 4.06. The lowest BCUT2D eigenvalue weighted by molar-refractivity contribution is 0.405. The first-order valence-electron chi connectivity index (χ1n) is 6.96. The van der Waals surface area contributed by atoms with Crippen molar-refractivity contribution in [2.45, 2.75) is 19.4 Å². The Balaban J connectivity index is 2.28. The predicted octanol–water partition coefficient (Wildman–Crippen LogP) is 4.49. The molecule has 2 rings (SSSR count). The zero-order valence-electron chi connectivity index (χ0n) is 12.2. The van der Waals surface area contributed by atoms with Crippen molar-refractivity contribution in [2.24, 2.45) is 0 Å². The highest BCUT2D eigenvalue weighted by Crippen LogP contribution is 2.27. The number of ether oxygens (including phenoxy) is 1. The second kappa shape index (κ2) is 7.57. The van der Waals surface area contributed by atoms with E-state index in [1.165, 1.54) is 0 Å². The van der Waals surface area contributed by atoms with Gasteiger partial charge >= 0.3 is 0 Å². The van der Waals surface area contributed by atoms with E-state index in [-0.39, 0.29) is 11.9 Å². The monoisotopic (exact) mass is 351 g/mol. The normalized spacial score (nSPS) is 12.2.